The fourth-order valence-electron chi connectivity index (χ4n) is 2.02. The van der Waals surface area contributed by atoms with Crippen LogP contribution in [-0.4, -0.2) is 19.6 Å². The van der Waals surface area contributed by atoms with Crippen molar-refractivity contribution in [3.8, 4) is 0 Å². The molecule has 0 aromatic heterocycles. The molecule has 0 aliphatic rings. The van der Waals surface area contributed by atoms with Gasteiger partial charge in [-0.15, -0.1) is 0 Å². The maximum absolute atomic E-state index is 5.56. The van der Waals surface area contributed by atoms with Crippen LogP contribution in [0.5, 0.6) is 0 Å². The van der Waals surface area contributed by atoms with E-state index in [-0.39, 0.29) is 5.41 Å². The number of hydrogen-bond acceptors (Lipinski definition) is 2. The summed E-state index contributed by atoms with van der Waals surface area (Å²) in [5, 5.41) is 3.56. The maximum Gasteiger partial charge on any atom is 0.0175 e. The highest BCUT2D eigenvalue weighted by Gasteiger charge is 2.20. The van der Waals surface area contributed by atoms with Crippen molar-refractivity contribution in [2.45, 2.75) is 32.6 Å². The van der Waals surface area contributed by atoms with E-state index in [0.29, 0.717) is 5.92 Å². The molecule has 1 aromatic carbocycles. The van der Waals surface area contributed by atoms with Gasteiger partial charge in [0.15, 0.2) is 0 Å². The van der Waals surface area contributed by atoms with Crippen LogP contribution < -0.4 is 11.1 Å². The van der Waals surface area contributed by atoms with Crippen molar-refractivity contribution in [1.29, 1.82) is 0 Å². The summed E-state index contributed by atoms with van der Waals surface area (Å²) in [5.74, 6) is 0.649. The SMILES string of the molecule is CC(CCN)CNCC(C)(C)c1ccc(Br)cc1. The molecule has 0 amide bonds. The van der Waals surface area contributed by atoms with Gasteiger partial charge < -0.3 is 11.1 Å². The topological polar surface area (TPSA) is 38.0 Å². The van der Waals surface area contributed by atoms with Gasteiger partial charge >= 0.3 is 0 Å². The van der Waals surface area contributed by atoms with E-state index in [1.54, 1.807) is 0 Å². The first kappa shape index (κ1) is 15.7. The van der Waals surface area contributed by atoms with Gasteiger partial charge in [-0.3, -0.25) is 0 Å². The van der Waals surface area contributed by atoms with Gasteiger partial charge in [0, 0.05) is 16.4 Å². The van der Waals surface area contributed by atoms with Gasteiger partial charge in [-0.05, 0) is 43.1 Å². The molecule has 1 rings (SSSR count). The first-order chi connectivity index (χ1) is 8.45. The Bertz CT molecular complexity index is 346. The van der Waals surface area contributed by atoms with Crippen LogP contribution in [0.1, 0.15) is 32.8 Å². The summed E-state index contributed by atoms with van der Waals surface area (Å²) >= 11 is 3.47. The summed E-state index contributed by atoms with van der Waals surface area (Å²) < 4.78 is 1.13. The van der Waals surface area contributed by atoms with Crippen LogP contribution in [0.15, 0.2) is 28.7 Å². The minimum absolute atomic E-state index is 0.156. The molecule has 0 heterocycles. The standard InChI is InChI=1S/C15H25BrN2/c1-12(8-9-17)10-18-11-15(2,3)13-4-6-14(16)7-5-13/h4-7,12,18H,8-11,17H2,1-3H3. The summed E-state index contributed by atoms with van der Waals surface area (Å²) in [4.78, 5) is 0. The molecule has 3 N–H and O–H groups in total. The predicted octanol–water partition coefficient (Wildman–Crippen LogP) is 3.30. The Labute approximate surface area is 119 Å². The molecule has 0 radical (unpaired) electrons. The molecular weight excluding hydrogens is 288 g/mol. The zero-order chi connectivity index (χ0) is 13.6. The highest BCUT2D eigenvalue weighted by molar-refractivity contribution is 9.10. The number of halogens is 1. The van der Waals surface area contributed by atoms with Crippen LogP contribution in [0, 0.1) is 5.92 Å². The Morgan fingerprint density at radius 1 is 1.28 bits per heavy atom. The molecule has 3 heteroatoms. The maximum atomic E-state index is 5.56. The molecule has 102 valence electrons. The van der Waals surface area contributed by atoms with Crippen LogP contribution in [0.4, 0.5) is 0 Å². The van der Waals surface area contributed by atoms with E-state index >= 15 is 0 Å². The summed E-state index contributed by atoms with van der Waals surface area (Å²) in [7, 11) is 0. The second-order valence-corrected chi connectivity index (χ2v) is 6.62. The lowest BCUT2D eigenvalue weighted by Crippen LogP contribution is -2.35. The lowest BCUT2D eigenvalue weighted by Gasteiger charge is -2.26. The molecule has 0 fully saturated rings. The molecule has 1 unspecified atom stereocenters. The van der Waals surface area contributed by atoms with Crippen molar-refractivity contribution in [2.75, 3.05) is 19.6 Å². The van der Waals surface area contributed by atoms with E-state index in [1.165, 1.54) is 5.56 Å². The molecule has 18 heavy (non-hydrogen) atoms. The zero-order valence-electron chi connectivity index (χ0n) is 11.7. The van der Waals surface area contributed by atoms with Crippen LogP contribution in [0.2, 0.25) is 0 Å². The van der Waals surface area contributed by atoms with Gasteiger partial charge in [0.2, 0.25) is 0 Å². The third-order valence-electron chi connectivity index (χ3n) is 3.34. The number of rotatable bonds is 7. The summed E-state index contributed by atoms with van der Waals surface area (Å²) in [6.07, 6.45) is 1.09. The van der Waals surface area contributed by atoms with Gasteiger partial charge in [-0.25, -0.2) is 0 Å². The molecular formula is C15H25BrN2. The quantitative estimate of drug-likeness (QED) is 0.810. The lowest BCUT2D eigenvalue weighted by molar-refractivity contribution is 0.422. The highest BCUT2D eigenvalue weighted by Crippen LogP contribution is 2.24. The Morgan fingerprint density at radius 2 is 1.89 bits per heavy atom. The van der Waals surface area contributed by atoms with Crippen molar-refractivity contribution in [3.05, 3.63) is 34.3 Å². The number of benzene rings is 1. The molecule has 0 aliphatic carbocycles. The molecule has 0 spiro atoms. The zero-order valence-corrected chi connectivity index (χ0v) is 13.3. The number of hydrogen-bond donors (Lipinski definition) is 2. The Kier molecular flexibility index (Phi) is 6.33. The van der Waals surface area contributed by atoms with Crippen molar-refractivity contribution >= 4 is 15.9 Å². The Balaban J connectivity index is 2.46. The van der Waals surface area contributed by atoms with Gasteiger partial charge in [-0.1, -0.05) is 48.8 Å². The van der Waals surface area contributed by atoms with E-state index in [2.05, 4.69) is 66.3 Å². The summed E-state index contributed by atoms with van der Waals surface area (Å²) in [6.45, 7) is 9.60. The fraction of sp³-hybridized carbons (Fsp3) is 0.600. The first-order valence-electron chi connectivity index (χ1n) is 6.62. The van der Waals surface area contributed by atoms with Crippen molar-refractivity contribution in [3.63, 3.8) is 0 Å². The van der Waals surface area contributed by atoms with E-state index in [0.717, 1.165) is 30.5 Å². The average Bonchev–Trinajstić information content (AvgIpc) is 2.29. The van der Waals surface area contributed by atoms with Crippen LogP contribution in [-0.2, 0) is 5.41 Å². The monoisotopic (exact) mass is 312 g/mol. The van der Waals surface area contributed by atoms with Crippen LogP contribution in [0.3, 0.4) is 0 Å². The normalized spacial score (nSPS) is 13.6. The van der Waals surface area contributed by atoms with Gasteiger partial charge in [0.1, 0.15) is 0 Å². The van der Waals surface area contributed by atoms with E-state index < -0.39 is 0 Å². The minimum atomic E-state index is 0.156. The Morgan fingerprint density at radius 3 is 2.44 bits per heavy atom. The molecule has 0 saturated heterocycles. The largest absolute Gasteiger partial charge is 0.330 e. The Hall–Kier alpha value is -0.380. The van der Waals surface area contributed by atoms with E-state index in [4.69, 9.17) is 5.73 Å². The molecule has 1 aromatic rings. The van der Waals surface area contributed by atoms with Crippen molar-refractivity contribution < 1.29 is 0 Å². The number of nitrogens with one attached hydrogen (secondary N) is 1. The minimum Gasteiger partial charge on any atom is -0.330 e. The van der Waals surface area contributed by atoms with E-state index in [1.807, 2.05) is 0 Å². The molecule has 0 saturated carbocycles. The van der Waals surface area contributed by atoms with Gasteiger partial charge in [0.25, 0.3) is 0 Å². The number of nitrogens with two attached hydrogens (primary N) is 1. The van der Waals surface area contributed by atoms with Crippen LogP contribution in [0.25, 0.3) is 0 Å². The van der Waals surface area contributed by atoms with Gasteiger partial charge in [-0.2, -0.15) is 0 Å². The molecule has 1 atom stereocenters. The summed E-state index contributed by atoms with van der Waals surface area (Å²) in [6, 6.07) is 8.59. The van der Waals surface area contributed by atoms with Crippen molar-refractivity contribution in [1.82, 2.24) is 5.32 Å². The smallest absolute Gasteiger partial charge is 0.0175 e. The third-order valence-corrected chi connectivity index (χ3v) is 3.87. The second-order valence-electron chi connectivity index (χ2n) is 5.70. The predicted molar refractivity (Wildman–Crippen MR) is 82.9 cm³/mol. The third kappa shape index (κ3) is 5.09. The molecule has 2 nitrogen and oxygen atoms in total. The average molecular weight is 313 g/mol. The lowest BCUT2D eigenvalue weighted by atomic mass is 9.84. The summed E-state index contributed by atoms with van der Waals surface area (Å²) in [5.41, 5.74) is 7.08. The van der Waals surface area contributed by atoms with Crippen molar-refractivity contribution in [2.24, 2.45) is 11.7 Å². The second kappa shape index (κ2) is 7.27. The highest BCUT2D eigenvalue weighted by atomic mass is 79.9. The van der Waals surface area contributed by atoms with E-state index in [9.17, 15) is 0 Å². The van der Waals surface area contributed by atoms with Crippen LogP contribution >= 0.6 is 15.9 Å². The van der Waals surface area contributed by atoms with Gasteiger partial charge in [0.05, 0.1) is 0 Å². The first-order valence-corrected chi connectivity index (χ1v) is 7.42. The molecule has 0 aliphatic heterocycles. The fourth-order valence-corrected chi connectivity index (χ4v) is 2.29. The molecule has 0 bridgehead atoms.